The second-order valence-corrected chi connectivity index (χ2v) is 7.65. The Bertz CT molecular complexity index is 912. The number of para-hydroxylation sites is 2. The van der Waals surface area contributed by atoms with Crippen LogP contribution in [0.4, 0.5) is 11.4 Å². The summed E-state index contributed by atoms with van der Waals surface area (Å²) in [5.74, 6) is -0.139. The molecule has 2 unspecified atom stereocenters. The first-order chi connectivity index (χ1) is 13.5. The van der Waals surface area contributed by atoms with E-state index in [4.69, 9.17) is 0 Å². The maximum atomic E-state index is 13.5. The first-order valence-electron chi connectivity index (χ1n) is 10.1. The maximum Gasteiger partial charge on any atom is 0.260 e. The molecule has 0 radical (unpaired) electrons. The molecule has 4 nitrogen and oxygen atoms in total. The zero-order valence-corrected chi connectivity index (χ0v) is 16.9. The summed E-state index contributed by atoms with van der Waals surface area (Å²) in [5, 5.41) is 0. The molecule has 0 saturated heterocycles. The number of carbonyl (C=O) groups is 2. The van der Waals surface area contributed by atoms with Crippen molar-refractivity contribution in [3.05, 3.63) is 59.7 Å². The third-order valence-electron chi connectivity index (χ3n) is 6.04. The number of anilines is 2. The van der Waals surface area contributed by atoms with E-state index in [0.29, 0.717) is 11.1 Å². The molecule has 0 spiro atoms. The smallest absolute Gasteiger partial charge is 0.260 e. The zero-order chi connectivity index (χ0) is 20.0. The van der Waals surface area contributed by atoms with Crippen molar-refractivity contribution in [2.75, 3.05) is 9.80 Å². The highest BCUT2D eigenvalue weighted by Crippen LogP contribution is 2.47. The van der Waals surface area contributed by atoms with E-state index in [2.05, 4.69) is 27.7 Å². The second-order valence-electron chi connectivity index (χ2n) is 7.65. The van der Waals surface area contributed by atoms with E-state index in [9.17, 15) is 9.59 Å². The van der Waals surface area contributed by atoms with Gasteiger partial charge in [0.15, 0.2) is 0 Å². The van der Waals surface area contributed by atoms with Crippen molar-refractivity contribution in [2.24, 2.45) is 0 Å². The molecule has 0 fully saturated rings. The summed E-state index contributed by atoms with van der Waals surface area (Å²) in [6, 6.07) is 15.8. The fourth-order valence-corrected chi connectivity index (χ4v) is 4.20. The number of amides is 2. The van der Waals surface area contributed by atoms with E-state index in [1.807, 2.05) is 58.3 Å². The highest BCUT2D eigenvalue weighted by atomic mass is 16.2. The average Bonchev–Trinajstić information content (AvgIpc) is 3.16. The lowest BCUT2D eigenvalue weighted by Crippen LogP contribution is -2.36. The van der Waals surface area contributed by atoms with Crippen LogP contribution in [0.25, 0.3) is 11.1 Å². The van der Waals surface area contributed by atoms with E-state index < -0.39 is 0 Å². The van der Waals surface area contributed by atoms with Crippen molar-refractivity contribution in [3.63, 3.8) is 0 Å². The van der Waals surface area contributed by atoms with Gasteiger partial charge in [-0.25, -0.2) is 0 Å². The minimum Gasteiger partial charge on any atom is -0.305 e. The summed E-state index contributed by atoms with van der Waals surface area (Å²) >= 11 is 0. The van der Waals surface area contributed by atoms with Crippen molar-refractivity contribution in [3.8, 4) is 0 Å². The van der Waals surface area contributed by atoms with Crippen LogP contribution in [0.2, 0.25) is 0 Å². The van der Waals surface area contributed by atoms with Gasteiger partial charge in [0.25, 0.3) is 11.8 Å². The minimum absolute atomic E-state index is 0.0697. The highest BCUT2D eigenvalue weighted by Gasteiger charge is 2.43. The third-order valence-corrected chi connectivity index (χ3v) is 6.04. The van der Waals surface area contributed by atoms with Crippen molar-refractivity contribution >= 4 is 34.3 Å². The molecule has 2 aromatic rings. The van der Waals surface area contributed by atoms with Gasteiger partial charge >= 0.3 is 0 Å². The van der Waals surface area contributed by atoms with Gasteiger partial charge in [-0.3, -0.25) is 9.59 Å². The molecular weight excluding hydrogens is 348 g/mol. The van der Waals surface area contributed by atoms with Gasteiger partial charge in [0.1, 0.15) is 0 Å². The highest BCUT2D eigenvalue weighted by molar-refractivity contribution is 6.50. The molecule has 28 heavy (non-hydrogen) atoms. The van der Waals surface area contributed by atoms with Crippen molar-refractivity contribution in [1.29, 1.82) is 0 Å². The Morgan fingerprint density at radius 2 is 1.04 bits per heavy atom. The molecule has 2 atom stereocenters. The van der Waals surface area contributed by atoms with Gasteiger partial charge in [0.05, 0.1) is 22.5 Å². The lowest BCUT2D eigenvalue weighted by Gasteiger charge is -2.24. The van der Waals surface area contributed by atoms with Crippen LogP contribution in [0.15, 0.2) is 48.5 Å². The van der Waals surface area contributed by atoms with Crippen LogP contribution >= 0.6 is 0 Å². The van der Waals surface area contributed by atoms with Gasteiger partial charge in [-0.15, -0.1) is 0 Å². The quantitative estimate of drug-likeness (QED) is 0.715. The Morgan fingerprint density at radius 1 is 0.679 bits per heavy atom. The first kappa shape index (κ1) is 18.5. The molecule has 2 heterocycles. The summed E-state index contributed by atoms with van der Waals surface area (Å²) in [4.78, 5) is 30.8. The van der Waals surface area contributed by atoms with E-state index >= 15 is 0 Å². The fourth-order valence-electron chi connectivity index (χ4n) is 4.20. The maximum absolute atomic E-state index is 13.5. The van der Waals surface area contributed by atoms with Crippen LogP contribution in [0.1, 0.15) is 51.7 Å². The topological polar surface area (TPSA) is 40.6 Å². The van der Waals surface area contributed by atoms with Crippen molar-refractivity contribution in [2.45, 2.75) is 52.6 Å². The molecule has 0 saturated carbocycles. The molecule has 2 aromatic carbocycles. The fraction of sp³-hybridized carbons (Fsp3) is 0.333. The van der Waals surface area contributed by atoms with Crippen LogP contribution in [0.3, 0.4) is 0 Å². The largest absolute Gasteiger partial charge is 0.305 e. The van der Waals surface area contributed by atoms with Crippen LogP contribution < -0.4 is 9.80 Å². The van der Waals surface area contributed by atoms with Gasteiger partial charge in [-0.05, 0) is 38.8 Å². The van der Waals surface area contributed by atoms with Gasteiger partial charge in [0, 0.05) is 23.2 Å². The summed E-state index contributed by atoms with van der Waals surface area (Å²) in [6.07, 6.45) is 1.71. The first-order valence-corrected chi connectivity index (χ1v) is 10.1. The van der Waals surface area contributed by atoms with Crippen LogP contribution in [0, 0.1) is 0 Å². The lowest BCUT2D eigenvalue weighted by molar-refractivity contribution is -0.115. The Kier molecular flexibility index (Phi) is 4.58. The molecule has 2 aliphatic rings. The van der Waals surface area contributed by atoms with Gasteiger partial charge in [-0.1, -0.05) is 50.2 Å². The van der Waals surface area contributed by atoms with Crippen LogP contribution in [0.5, 0.6) is 0 Å². The molecule has 4 heteroatoms. The zero-order valence-electron chi connectivity index (χ0n) is 16.9. The standard InChI is InChI=1S/C24H26N2O2/c1-5-15(3)25-19-13-9-7-11-17(19)21(23(25)27)22-18-12-8-10-14-20(18)26(24(22)28)16(4)6-2/h7-16H,5-6H2,1-4H3/b22-21+. The molecule has 4 rings (SSSR count). The molecule has 0 aromatic heterocycles. The van der Waals surface area contributed by atoms with E-state index in [1.54, 1.807) is 0 Å². The lowest BCUT2D eigenvalue weighted by atomic mass is 9.96. The minimum atomic E-state index is -0.0697. The molecule has 2 amide bonds. The SMILES string of the molecule is CCC(C)N1C(=O)/C(=C2/C(=O)N(C(C)CC)c3ccccc32)c2ccccc21. The van der Waals surface area contributed by atoms with Crippen LogP contribution in [-0.4, -0.2) is 23.9 Å². The number of hydrogen-bond acceptors (Lipinski definition) is 2. The molecule has 0 aliphatic carbocycles. The van der Waals surface area contributed by atoms with Crippen molar-refractivity contribution in [1.82, 2.24) is 0 Å². The monoisotopic (exact) mass is 374 g/mol. The summed E-state index contributed by atoms with van der Waals surface area (Å²) < 4.78 is 0. The van der Waals surface area contributed by atoms with Gasteiger partial charge in [0.2, 0.25) is 0 Å². The molecular formula is C24H26N2O2. The number of rotatable bonds is 4. The molecule has 144 valence electrons. The van der Waals surface area contributed by atoms with E-state index in [0.717, 1.165) is 35.3 Å². The third kappa shape index (κ3) is 2.51. The van der Waals surface area contributed by atoms with Gasteiger partial charge < -0.3 is 9.80 Å². The van der Waals surface area contributed by atoms with Crippen molar-refractivity contribution < 1.29 is 9.59 Å². The summed E-state index contributed by atoms with van der Waals surface area (Å²) in [6.45, 7) is 8.26. The average molecular weight is 374 g/mol. The number of fused-ring (bicyclic) bond motifs is 2. The normalized spacial score (nSPS) is 20.4. The van der Waals surface area contributed by atoms with E-state index in [-0.39, 0.29) is 23.9 Å². The Labute approximate surface area is 166 Å². The number of carbonyl (C=O) groups excluding carboxylic acids is 2. The predicted octanol–water partition coefficient (Wildman–Crippen LogP) is 4.89. The second kappa shape index (κ2) is 6.93. The van der Waals surface area contributed by atoms with Gasteiger partial charge in [-0.2, -0.15) is 0 Å². The number of hydrogen-bond donors (Lipinski definition) is 0. The number of nitrogens with zero attached hydrogens (tertiary/aromatic N) is 2. The summed E-state index contributed by atoms with van der Waals surface area (Å²) in [5.41, 5.74) is 4.60. The molecule has 2 aliphatic heterocycles. The molecule has 0 N–H and O–H groups in total. The summed E-state index contributed by atoms with van der Waals surface area (Å²) in [7, 11) is 0. The Morgan fingerprint density at radius 3 is 1.39 bits per heavy atom. The Hall–Kier alpha value is -2.88. The molecule has 0 bridgehead atoms. The Balaban J connectivity index is 1.99. The van der Waals surface area contributed by atoms with Crippen LogP contribution in [-0.2, 0) is 9.59 Å². The predicted molar refractivity (Wildman–Crippen MR) is 114 cm³/mol. The van der Waals surface area contributed by atoms with E-state index in [1.165, 1.54) is 0 Å². The number of benzene rings is 2.